The lowest BCUT2D eigenvalue weighted by atomic mass is 10.0. The van der Waals surface area contributed by atoms with Gasteiger partial charge >= 0.3 is 0 Å². The van der Waals surface area contributed by atoms with Gasteiger partial charge < -0.3 is 15.6 Å². The second-order valence-electron chi connectivity index (χ2n) is 5.19. The summed E-state index contributed by atoms with van der Waals surface area (Å²) < 4.78 is 5.89. The lowest BCUT2D eigenvalue weighted by Gasteiger charge is -2.18. The number of halogens is 2. The Morgan fingerprint density at radius 2 is 2.32 bits per heavy atom. The largest absolute Gasteiger partial charge is 0.355 e. The fraction of sp³-hybridized carbons (Fsp3) is 0.429. The zero-order valence-corrected chi connectivity index (χ0v) is 14.1. The molecule has 120 valence electrons. The average molecular weight is 362 g/mol. The number of hydrogen-bond acceptors (Lipinski definition) is 5. The molecule has 1 aliphatic carbocycles. The molecule has 1 saturated carbocycles. The third kappa shape index (κ3) is 3.63. The Bertz CT molecular complexity index is 644. The summed E-state index contributed by atoms with van der Waals surface area (Å²) >= 11 is 7.28. The van der Waals surface area contributed by atoms with Crippen LogP contribution >= 0.6 is 35.3 Å². The Morgan fingerprint density at radius 3 is 3.00 bits per heavy atom. The highest BCUT2D eigenvalue weighted by atomic mass is 35.5. The van der Waals surface area contributed by atoms with Crippen molar-refractivity contribution in [2.45, 2.75) is 25.3 Å². The monoisotopic (exact) mass is 361 g/mol. The number of rotatable bonds is 4. The van der Waals surface area contributed by atoms with Crippen LogP contribution in [0.1, 0.15) is 29.8 Å². The second kappa shape index (κ2) is 7.46. The van der Waals surface area contributed by atoms with Crippen molar-refractivity contribution < 1.29 is 9.32 Å². The van der Waals surface area contributed by atoms with Crippen molar-refractivity contribution in [1.29, 1.82) is 0 Å². The van der Waals surface area contributed by atoms with Gasteiger partial charge in [-0.1, -0.05) is 23.2 Å². The number of thiophene rings is 1. The SMILES string of the molecule is Cl.NCC1CCCC1NC(=O)c1cc(-c2ccc(Cl)s2)on1. The zero-order chi connectivity index (χ0) is 14.8. The summed E-state index contributed by atoms with van der Waals surface area (Å²) in [6.07, 6.45) is 3.14. The van der Waals surface area contributed by atoms with Crippen LogP contribution < -0.4 is 11.1 Å². The van der Waals surface area contributed by atoms with Gasteiger partial charge in [-0.25, -0.2) is 0 Å². The van der Waals surface area contributed by atoms with Gasteiger partial charge in [-0.15, -0.1) is 23.7 Å². The summed E-state index contributed by atoms with van der Waals surface area (Å²) in [5, 5.41) is 6.84. The Labute approximate surface area is 143 Å². The number of carbonyl (C=O) groups is 1. The normalized spacial score (nSPS) is 20.6. The predicted octanol–water partition coefficient (Wildman–Crippen LogP) is 3.34. The molecule has 5 nitrogen and oxygen atoms in total. The maximum Gasteiger partial charge on any atom is 0.273 e. The van der Waals surface area contributed by atoms with E-state index in [-0.39, 0.29) is 30.0 Å². The molecule has 0 saturated heterocycles. The van der Waals surface area contributed by atoms with Gasteiger partial charge in [0.2, 0.25) is 0 Å². The molecule has 2 unspecified atom stereocenters. The Balaban J connectivity index is 0.00000176. The first kappa shape index (κ1) is 17.3. The number of aromatic nitrogens is 1. The number of amides is 1. The Kier molecular flexibility index (Phi) is 5.86. The number of nitrogens with two attached hydrogens (primary N) is 1. The molecule has 0 radical (unpaired) electrons. The van der Waals surface area contributed by atoms with E-state index in [1.54, 1.807) is 12.1 Å². The first-order valence-corrected chi connectivity index (χ1v) is 8.10. The lowest BCUT2D eigenvalue weighted by Crippen LogP contribution is -2.39. The smallest absolute Gasteiger partial charge is 0.273 e. The summed E-state index contributed by atoms with van der Waals surface area (Å²) in [5.74, 6) is 0.702. The van der Waals surface area contributed by atoms with Gasteiger partial charge in [0.05, 0.1) is 9.21 Å². The molecule has 1 aliphatic rings. The molecule has 2 aromatic rings. The molecule has 22 heavy (non-hydrogen) atoms. The van der Waals surface area contributed by atoms with E-state index >= 15 is 0 Å². The summed E-state index contributed by atoms with van der Waals surface area (Å²) in [6, 6.07) is 5.41. The Hall–Kier alpha value is -1.08. The van der Waals surface area contributed by atoms with E-state index in [1.165, 1.54) is 11.3 Å². The highest BCUT2D eigenvalue weighted by Gasteiger charge is 2.28. The van der Waals surface area contributed by atoms with Gasteiger partial charge in [-0.3, -0.25) is 4.79 Å². The van der Waals surface area contributed by atoms with Crippen LogP contribution in [0.4, 0.5) is 0 Å². The summed E-state index contributed by atoms with van der Waals surface area (Å²) in [4.78, 5) is 13.1. The molecule has 0 aromatic carbocycles. The highest BCUT2D eigenvalue weighted by Crippen LogP contribution is 2.31. The van der Waals surface area contributed by atoms with E-state index in [4.69, 9.17) is 21.9 Å². The van der Waals surface area contributed by atoms with Crippen molar-refractivity contribution in [2.24, 2.45) is 11.7 Å². The third-order valence-corrected chi connectivity index (χ3v) is 5.08. The van der Waals surface area contributed by atoms with Crippen molar-refractivity contribution in [3.63, 3.8) is 0 Å². The van der Waals surface area contributed by atoms with Crippen LogP contribution in [0.15, 0.2) is 22.7 Å². The molecular weight excluding hydrogens is 345 g/mol. The molecular formula is C14H17Cl2N3O2S. The minimum Gasteiger partial charge on any atom is -0.355 e. The topological polar surface area (TPSA) is 81.1 Å². The molecule has 1 amide bonds. The highest BCUT2D eigenvalue weighted by molar-refractivity contribution is 7.19. The fourth-order valence-electron chi connectivity index (χ4n) is 2.70. The first-order valence-electron chi connectivity index (χ1n) is 6.90. The van der Waals surface area contributed by atoms with E-state index in [2.05, 4.69) is 10.5 Å². The molecule has 3 N–H and O–H groups in total. The second-order valence-corrected chi connectivity index (χ2v) is 6.90. The van der Waals surface area contributed by atoms with Crippen LogP contribution in [-0.2, 0) is 0 Å². The van der Waals surface area contributed by atoms with Gasteiger partial charge in [0, 0.05) is 12.1 Å². The first-order chi connectivity index (χ1) is 10.2. The number of nitrogens with one attached hydrogen (secondary N) is 1. The van der Waals surface area contributed by atoms with Crippen molar-refractivity contribution in [1.82, 2.24) is 10.5 Å². The zero-order valence-electron chi connectivity index (χ0n) is 11.8. The number of hydrogen-bond donors (Lipinski definition) is 2. The van der Waals surface area contributed by atoms with E-state index in [9.17, 15) is 4.79 Å². The van der Waals surface area contributed by atoms with Crippen LogP contribution in [0, 0.1) is 5.92 Å². The van der Waals surface area contributed by atoms with Crippen LogP contribution in [-0.4, -0.2) is 23.7 Å². The predicted molar refractivity (Wildman–Crippen MR) is 89.7 cm³/mol. The molecule has 0 aliphatic heterocycles. The van der Waals surface area contributed by atoms with Gasteiger partial charge in [-0.05, 0) is 37.4 Å². The van der Waals surface area contributed by atoms with E-state index in [0.717, 1.165) is 24.1 Å². The fourth-order valence-corrected chi connectivity index (χ4v) is 3.69. The van der Waals surface area contributed by atoms with E-state index in [0.29, 0.717) is 22.6 Å². The minimum atomic E-state index is -0.210. The summed E-state index contributed by atoms with van der Waals surface area (Å²) in [5.41, 5.74) is 6.01. The molecule has 2 aromatic heterocycles. The van der Waals surface area contributed by atoms with Gasteiger partial charge in [0.15, 0.2) is 11.5 Å². The van der Waals surface area contributed by atoms with Crippen LogP contribution in [0.25, 0.3) is 10.6 Å². The van der Waals surface area contributed by atoms with E-state index in [1.807, 2.05) is 6.07 Å². The molecule has 2 atom stereocenters. The van der Waals surface area contributed by atoms with Crippen LogP contribution in [0.3, 0.4) is 0 Å². The minimum absolute atomic E-state index is 0. The number of nitrogens with zero attached hydrogens (tertiary/aromatic N) is 1. The quantitative estimate of drug-likeness (QED) is 0.874. The molecule has 8 heteroatoms. The third-order valence-electron chi connectivity index (χ3n) is 3.84. The lowest BCUT2D eigenvalue weighted by molar-refractivity contribution is 0.0919. The summed E-state index contributed by atoms with van der Waals surface area (Å²) in [6.45, 7) is 0.600. The van der Waals surface area contributed by atoms with Crippen molar-refractivity contribution in [2.75, 3.05) is 6.54 Å². The van der Waals surface area contributed by atoms with Gasteiger partial charge in [0.25, 0.3) is 5.91 Å². The maximum absolute atomic E-state index is 12.2. The summed E-state index contributed by atoms with van der Waals surface area (Å²) in [7, 11) is 0. The number of carbonyl (C=O) groups excluding carboxylic acids is 1. The average Bonchev–Trinajstić information content (AvgIpc) is 3.17. The molecule has 0 bridgehead atoms. The van der Waals surface area contributed by atoms with Crippen LogP contribution in [0.5, 0.6) is 0 Å². The van der Waals surface area contributed by atoms with Gasteiger partial charge in [-0.2, -0.15) is 0 Å². The van der Waals surface area contributed by atoms with E-state index < -0.39 is 0 Å². The standard InChI is InChI=1S/C14H16ClN3O2S.ClH/c15-13-5-4-12(21-13)11-6-10(18-20-11)14(19)17-9-3-1-2-8(9)7-16;/h4-6,8-9H,1-3,7,16H2,(H,17,19);1H. The van der Waals surface area contributed by atoms with Crippen molar-refractivity contribution in [3.05, 3.63) is 28.2 Å². The molecule has 0 spiro atoms. The molecule has 2 heterocycles. The molecule has 1 fully saturated rings. The van der Waals surface area contributed by atoms with Crippen molar-refractivity contribution in [3.8, 4) is 10.6 Å². The molecule has 3 rings (SSSR count). The van der Waals surface area contributed by atoms with Crippen molar-refractivity contribution >= 4 is 41.3 Å². The van der Waals surface area contributed by atoms with Gasteiger partial charge in [0.1, 0.15) is 0 Å². The Morgan fingerprint density at radius 1 is 1.50 bits per heavy atom. The maximum atomic E-state index is 12.2. The van der Waals surface area contributed by atoms with Crippen LogP contribution in [0.2, 0.25) is 4.34 Å².